The van der Waals surface area contributed by atoms with Crippen LogP contribution in [-0.4, -0.2) is 19.3 Å². The summed E-state index contributed by atoms with van der Waals surface area (Å²) in [5.74, 6) is 6.31. The van der Waals surface area contributed by atoms with Gasteiger partial charge in [0.1, 0.15) is 0 Å². The lowest BCUT2D eigenvalue weighted by molar-refractivity contribution is 0.0439. The molecule has 0 bridgehead atoms. The van der Waals surface area contributed by atoms with Crippen LogP contribution in [0.2, 0.25) is 0 Å². The van der Waals surface area contributed by atoms with Crippen LogP contribution in [0.25, 0.3) is 0 Å². The van der Waals surface area contributed by atoms with E-state index >= 15 is 0 Å². The van der Waals surface area contributed by atoms with Gasteiger partial charge < -0.3 is 4.74 Å². The molecule has 2 aliphatic rings. The summed E-state index contributed by atoms with van der Waals surface area (Å²) < 4.78 is 5.56. The van der Waals surface area contributed by atoms with Crippen molar-refractivity contribution in [2.24, 2.45) is 11.8 Å². The van der Waals surface area contributed by atoms with Gasteiger partial charge in [-0.15, -0.1) is 0 Å². The average molecular weight is 224 g/mol. The Balaban J connectivity index is 1.98. The Morgan fingerprint density at radius 3 is 3.00 bits per heavy atom. The zero-order chi connectivity index (χ0) is 11.2. The molecule has 0 radical (unpaired) electrons. The van der Waals surface area contributed by atoms with Crippen molar-refractivity contribution in [1.29, 1.82) is 0 Å². The van der Waals surface area contributed by atoms with Gasteiger partial charge in [0.2, 0.25) is 0 Å². The van der Waals surface area contributed by atoms with Crippen LogP contribution in [-0.2, 0) is 4.74 Å². The third kappa shape index (κ3) is 3.06. The molecule has 1 fully saturated rings. The van der Waals surface area contributed by atoms with Gasteiger partial charge in [0.15, 0.2) is 0 Å². The quantitative estimate of drug-likeness (QED) is 0.438. The minimum atomic E-state index is 0.346. The first-order chi connectivity index (χ1) is 7.92. The lowest BCUT2D eigenvalue weighted by Crippen LogP contribution is -2.45. The summed E-state index contributed by atoms with van der Waals surface area (Å²) in [5.41, 5.74) is 4.54. The van der Waals surface area contributed by atoms with Crippen molar-refractivity contribution in [3.8, 4) is 0 Å². The standard InChI is InChI=1S/C13H24N2O/c14-15-13(12-8-5-9-16-10-12)11-6-3-1-2-4-7-11/h6,12-13,15H,1-5,7-10,14H2. The third-order valence-corrected chi connectivity index (χ3v) is 3.82. The normalized spacial score (nSPS) is 29.3. The Labute approximate surface area is 98.4 Å². The highest BCUT2D eigenvalue weighted by Gasteiger charge is 2.26. The Kier molecular flexibility index (Phi) is 4.82. The van der Waals surface area contributed by atoms with Crippen LogP contribution in [0, 0.1) is 5.92 Å². The molecule has 0 aromatic heterocycles. The highest BCUT2D eigenvalue weighted by molar-refractivity contribution is 5.13. The summed E-state index contributed by atoms with van der Waals surface area (Å²) in [6, 6.07) is 0.346. The van der Waals surface area contributed by atoms with E-state index < -0.39 is 0 Å². The number of allylic oxidation sites excluding steroid dienone is 1. The van der Waals surface area contributed by atoms with Gasteiger partial charge in [0, 0.05) is 18.6 Å². The fourth-order valence-electron chi connectivity index (χ4n) is 2.90. The fourth-order valence-corrected chi connectivity index (χ4v) is 2.90. The molecular formula is C13H24N2O. The van der Waals surface area contributed by atoms with Crippen LogP contribution in [0.4, 0.5) is 0 Å². The Morgan fingerprint density at radius 1 is 1.31 bits per heavy atom. The van der Waals surface area contributed by atoms with E-state index in [9.17, 15) is 0 Å². The van der Waals surface area contributed by atoms with Gasteiger partial charge in [-0.25, -0.2) is 0 Å². The van der Waals surface area contributed by atoms with Crippen molar-refractivity contribution in [3.05, 3.63) is 11.6 Å². The molecule has 1 aliphatic carbocycles. The van der Waals surface area contributed by atoms with Crippen molar-refractivity contribution < 1.29 is 4.74 Å². The van der Waals surface area contributed by atoms with Crippen molar-refractivity contribution in [1.82, 2.24) is 5.43 Å². The molecule has 0 saturated carbocycles. The van der Waals surface area contributed by atoms with Gasteiger partial charge in [-0.05, 0) is 38.5 Å². The molecular weight excluding hydrogens is 200 g/mol. The topological polar surface area (TPSA) is 47.3 Å². The number of nitrogens with one attached hydrogen (secondary N) is 1. The van der Waals surface area contributed by atoms with E-state index in [0.29, 0.717) is 12.0 Å². The average Bonchev–Trinajstić information content (AvgIpc) is 2.61. The molecule has 1 aliphatic heterocycles. The molecule has 16 heavy (non-hydrogen) atoms. The Bertz CT molecular complexity index is 234. The van der Waals surface area contributed by atoms with Gasteiger partial charge in [-0.1, -0.05) is 18.1 Å². The summed E-state index contributed by atoms with van der Waals surface area (Å²) in [4.78, 5) is 0. The fraction of sp³-hybridized carbons (Fsp3) is 0.846. The van der Waals surface area contributed by atoms with E-state index in [4.69, 9.17) is 10.6 Å². The first-order valence-corrected chi connectivity index (χ1v) is 6.64. The number of rotatable bonds is 3. The zero-order valence-corrected chi connectivity index (χ0v) is 10.1. The lowest BCUT2D eigenvalue weighted by atomic mass is 9.87. The number of hydrogen-bond acceptors (Lipinski definition) is 3. The van der Waals surface area contributed by atoms with E-state index in [-0.39, 0.29) is 0 Å². The Morgan fingerprint density at radius 2 is 2.25 bits per heavy atom. The molecule has 0 spiro atoms. The van der Waals surface area contributed by atoms with E-state index in [1.165, 1.54) is 50.5 Å². The molecule has 0 amide bonds. The molecule has 3 N–H and O–H groups in total. The minimum absolute atomic E-state index is 0.346. The predicted molar refractivity (Wildman–Crippen MR) is 65.8 cm³/mol. The van der Waals surface area contributed by atoms with Crippen LogP contribution in [0.3, 0.4) is 0 Å². The number of hydrogen-bond donors (Lipinski definition) is 2. The maximum Gasteiger partial charge on any atom is 0.0512 e. The molecule has 2 unspecified atom stereocenters. The van der Waals surface area contributed by atoms with Gasteiger partial charge in [-0.3, -0.25) is 11.3 Å². The van der Waals surface area contributed by atoms with Crippen LogP contribution in [0.1, 0.15) is 44.9 Å². The van der Waals surface area contributed by atoms with Crippen LogP contribution < -0.4 is 11.3 Å². The second kappa shape index (κ2) is 6.38. The van der Waals surface area contributed by atoms with Gasteiger partial charge in [0.25, 0.3) is 0 Å². The van der Waals surface area contributed by atoms with Crippen molar-refractivity contribution in [2.45, 2.75) is 51.0 Å². The summed E-state index contributed by atoms with van der Waals surface area (Å²) >= 11 is 0. The monoisotopic (exact) mass is 224 g/mol. The summed E-state index contributed by atoms with van der Waals surface area (Å²) in [6.07, 6.45) is 11.3. The number of hydrazine groups is 1. The second-order valence-corrected chi connectivity index (χ2v) is 5.00. The molecule has 2 rings (SSSR count). The largest absolute Gasteiger partial charge is 0.381 e. The van der Waals surface area contributed by atoms with Gasteiger partial charge in [-0.2, -0.15) is 0 Å². The second-order valence-electron chi connectivity index (χ2n) is 5.00. The molecule has 1 saturated heterocycles. The molecule has 3 nitrogen and oxygen atoms in total. The van der Waals surface area contributed by atoms with E-state index in [1.807, 2.05) is 0 Å². The predicted octanol–water partition coefficient (Wildman–Crippen LogP) is 2.14. The smallest absolute Gasteiger partial charge is 0.0512 e. The first-order valence-electron chi connectivity index (χ1n) is 6.64. The summed E-state index contributed by atoms with van der Waals surface area (Å²) in [7, 11) is 0. The van der Waals surface area contributed by atoms with E-state index in [1.54, 1.807) is 0 Å². The lowest BCUT2D eigenvalue weighted by Gasteiger charge is -2.31. The van der Waals surface area contributed by atoms with Gasteiger partial charge in [0.05, 0.1) is 6.61 Å². The van der Waals surface area contributed by atoms with Crippen LogP contribution in [0.5, 0.6) is 0 Å². The van der Waals surface area contributed by atoms with Crippen LogP contribution in [0.15, 0.2) is 11.6 Å². The molecule has 0 aromatic rings. The summed E-state index contributed by atoms with van der Waals surface area (Å²) in [6.45, 7) is 1.79. The zero-order valence-electron chi connectivity index (χ0n) is 10.1. The minimum Gasteiger partial charge on any atom is -0.381 e. The van der Waals surface area contributed by atoms with E-state index in [2.05, 4.69) is 11.5 Å². The molecule has 2 atom stereocenters. The SMILES string of the molecule is NNC(C1=CCCCCC1)C1CCCOC1. The van der Waals surface area contributed by atoms with Crippen molar-refractivity contribution in [3.63, 3.8) is 0 Å². The van der Waals surface area contributed by atoms with Crippen molar-refractivity contribution in [2.75, 3.05) is 13.2 Å². The molecule has 1 heterocycles. The molecule has 92 valence electrons. The van der Waals surface area contributed by atoms with E-state index in [0.717, 1.165) is 13.2 Å². The first kappa shape index (κ1) is 12.1. The third-order valence-electron chi connectivity index (χ3n) is 3.82. The highest BCUT2D eigenvalue weighted by atomic mass is 16.5. The molecule has 0 aromatic carbocycles. The maximum absolute atomic E-state index is 5.74. The van der Waals surface area contributed by atoms with Gasteiger partial charge >= 0.3 is 0 Å². The Hall–Kier alpha value is -0.380. The number of ether oxygens (including phenoxy) is 1. The molecule has 3 heteroatoms. The summed E-state index contributed by atoms with van der Waals surface area (Å²) in [5, 5.41) is 0. The highest BCUT2D eigenvalue weighted by Crippen LogP contribution is 2.27. The van der Waals surface area contributed by atoms with Crippen molar-refractivity contribution >= 4 is 0 Å². The number of nitrogens with two attached hydrogens (primary N) is 1. The van der Waals surface area contributed by atoms with Crippen LogP contribution >= 0.6 is 0 Å². The maximum atomic E-state index is 5.74.